The maximum Gasteiger partial charge on any atom is 0.258 e. The summed E-state index contributed by atoms with van der Waals surface area (Å²) >= 11 is 5.44. The molecule has 5 aromatic rings. The quantitative estimate of drug-likeness (QED) is 0.311. The Balaban J connectivity index is 1.37. The van der Waals surface area contributed by atoms with Crippen LogP contribution in [-0.4, -0.2) is 16.0 Å². The molecule has 2 N–H and O–H groups in total. The summed E-state index contributed by atoms with van der Waals surface area (Å²) in [5, 5.41) is 8.04. The van der Waals surface area contributed by atoms with Crippen molar-refractivity contribution in [2.24, 2.45) is 0 Å². The molecule has 5 nitrogen and oxygen atoms in total. The van der Waals surface area contributed by atoms with Gasteiger partial charge in [0.15, 0.2) is 10.7 Å². The van der Waals surface area contributed by atoms with Gasteiger partial charge < -0.3 is 9.73 Å². The zero-order chi connectivity index (χ0) is 22.9. The molecule has 0 atom stereocenters. The predicted molar refractivity (Wildman–Crippen MR) is 137 cm³/mol. The maximum absolute atomic E-state index is 12.9. The molecule has 0 saturated carbocycles. The van der Waals surface area contributed by atoms with Crippen LogP contribution in [0.5, 0.6) is 0 Å². The van der Waals surface area contributed by atoms with E-state index in [0.717, 1.165) is 44.2 Å². The minimum Gasteiger partial charge on any atom is -0.436 e. The smallest absolute Gasteiger partial charge is 0.258 e. The van der Waals surface area contributed by atoms with E-state index >= 15 is 0 Å². The lowest BCUT2D eigenvalue weighted by Gasteiger charge is -2.13. The number of benzene rings is 4. The average Bonchev–Trinajstić information content (AvgIpc) is 3.23. The molecule has 4 aromatic carbocycles. The van der Waals surface area contributed by atoms with E-state index in [-0.39, 0.29) is 11.0 Å². The Morgan fingerprint density at radius 2 is 1.76 bits per heavy atom. The van der Waals surface area contributed by atoms with Gasteiger partial charge in [0.1, 0.15) is 5.52 Å². The van der Waals surface area contributed by atoms with Crippen LogP contribution in [0.15, 0.2) is 83.3 Å². The molecule has 162 valence electrons. The Kier molecular flexibility index (Phi) is 5.36. The number of anilines is 1. The molecule has 5 rings (SSSR count). The predicted octanol–water partition coefficient (Wildman–Crippen LogP) is 6.39. The van der Waals surface area contributed by atoms with Crippen molar-refractivity contribution >= 4 is 50.8 Å². The Hall–Kier alpha value is -4.03. The highest BCUT2D eigenvalue weighted by Crippen LogP contribution is 2.28. The molecule has 0 aliphatic rings. The summed E-state index contributed by atoms with van der Waals surface area (Å²) in [4.78, 5) is 17.5. The SMILES string of the molecule is Cc1ccc2oc(-c3ccc(C)c(NC(=S)NC(=O)c4cccc5ccccc45)c3)nc2c1. The zero-order valence-corrected chi connectivity index (χ0v) is 19.0. The number of carbonyl (C=O) groups is 1. The molecule has 1 amide bonds. The van der Waals surface area contributed by atoms with Crippen molar-refractivity contribution in [2.45, 2.75) is 13.8 Å². The fourth-order valence-corrected chi connectivity index (χ4v) is 4.00. The van der Waals surface area contributed by atoms with Gasteiger partial charge >= 0.3 is 0 Å². The molecular formula is C27H21N3O2S. The van der Waals surface area contributed by atoms with E-state index in [1.165, 1.54) is 0 Å². The summed E-state index contributed by atoms with van der Waals surface area (Å²) in [5.74, 6) is 0.275. The number of aryl methyl sites for hydroxylation is 2. The number of oxazole rings is 1. The molecule has 33 heavy (non-hydrogen) atoms. The summed E-state index contributed by atoms with van der Waals surface area (Å²) < 4.78 is 5.93. The third kappa shape index (κ3) is 4.21. The molecule has 0 radical (unpaired) electrons. The van der Waals surface area contributed by atoms with Gasteiger partial charge in [-0.05, 0) is 78.3 Å². The third-order valence-corrected chi connectivity index (χ3v) is 5.74. The third-order valence-electron chi connectivity index (χ3n) is 5.54. The van der Waals surface area contributed by atoms with E-state index in [9.17, 15) is 4.79 Å². The molecule has 1 heterocycles. The number of amides is 1. The lowest BCUT2D eigenvalue weighted by atomic mass is 10.0. The summed E-state index contributed by atoms with van der Waals surface area (Å²) in [6.07, 6.45) is 0. The van der Waals surface area contributed by atoms with Gasteiger partial charge in [-0.3, -0.25) is 10.1 Å². The first kappa shape index (κ1) is 20.8. The van der Waals surface area contributed by atoms with Crippen molar-refractivity contribution in [3.8, 4) is 11.5 Å². The molecule has 1 aromatic heterocycles. The van der Waals surface area contributed by atoms with Crippen molar-refractivity contribution in [1.82, 2.24) is 10.3 Å². The summed E-state index contributed by atoms with van der Waals surface area (Å²) in [6.45, 7) is 3.99. The van der Waals surface area contributed by atoms with Crippen molar-refractivity contribution in [3.05, 3.63) is 95.6 Å². The van der Waals surface area contributed by atoms with Crippen molar-refractivity contribution in [1.29, 1.82) is 0 Å². The first-order chi connectivity index (χ1) is 16.0. The molecule has 0 aliphatic carbocycles. The van der Waals surface area contributed by atoms with Gasteiger partial charge in [0.05, 0.1) is 0 Å². The van der Waals surface area contributed by atoms with Crippen molar-refractivity contribution < 1.29 is 9.21 Å². The molecular weight excluding hydrogens is 430 g/mol. The number of thiocarbonyl (C=S) groups is 1. The van der Waals surface area contributed by atoms with Crippen LogP contribution in [0.4, 0.5) is 5.69 Å². The summed E-state index contributed by atoms with van der Waals surface area (Å²) in [5.41, 5.74) is 5.83. The van der Waals surface area contributed by atoms with Gasteiger partial charge in [-0.25, -0.2) is 4.98 Å². The molecule has 0 fully saturated rings. The van der Waals surface area contributed by atoms with Gasteiger partial charge in [0.2, 0.25) is 5.89 Å². The largest absolute Gasteiger partial charge is 0.436 e. The molecule has 0 unspecified atom stereocenters. The van der Waals surface area contributed by atoms with Gasteiger partial charge in [-0.2, -0.15) is 0 Å². The van der Waals surface area contributed by atoms with Crippen LogP contribution in [-0.2, 0) is 0 Å². The minimum atomic E-state index is -0.257. The Morgan fingerprint density at radius 1 is 0.939 bits per heavy atom. The number of rotatable bonds is 3. The second kappa shape index (κ2) is 8.48. The fraction of sp³-hybridized carbons (Fsp3) is 0.0741. The number of aromatic nitrogens is 1. The summed E-state index contributed by atoms with van der Waals surface area (Å²) in [6, 6.07) is 25.2. The monoisotopic (exact) mass is 451 g/mol. The van der Waals surface area contributed by atoms with Crippen LogP contribution >= 0.6 is 12.2 Å². The van der Waals surface area contributed by atoms with E-state index < -0.39 is 0 Å². The molecule has 0 bridgehead atoms. The first-order valence-electron chi connectivity index (χ1n) is 10.6. The van der Waals surface area contributed by atoms with Gasteiger partial charge in [0.25, 0.3) is 5.91 Å². The Labute approximate surface area is 196 Å². The highest BCUT2D eigenvalue weighted by atomic mass is 32.1. The lowest BCUT2D eigenvalue weighted by Crippen LogP contribution is -2.34. The molecule has 0 saturated heterocycles. The molecule has 0 spiro atoms. The minimum absolute atomic E-state index is 0.223. The normalized spacial score (nSPS) is 11.0. The standard InChI is InChI=1S/C27H21N3O2S/c1-16-10-13-24-23(14-16)28-26(32-24)19-12-11-17(2)22(15-19)29-27(33)30-25(31)21-9-5-7-18-6-3-4-8-20(18)21/h3-15H,1-2H3,(H2,29,30,31,33). The first-order valence-corrected chi connectivity index (χ1v) is 11.0. The summed E-state index contributed by atoms with van der Waals surface area (Å²) in [7, 11) is 0. The van der Waals surface area contributed by atoms with E-state index in [1.54, 1.807) is 6.07 Å². The number of carbonyl (C=O) groups excluding carboxylic acids is 1. The number of nitrogens with one attached hydrogen (secondary N) is 2. The van der Waals surface area contributed by atoms with Crippen LogP contribution in [0.3, 0.4) is 0 Å². The maximum atomic E-state index is 12.9. The Bertz CT molecular complexity index is 1530. The molecule has 0 aliphatic heterocycles. The zero-order valence-electron chi connectivity index (χ0n) is 18.2. The second-order valence-corrected chi connectivity index (χ2v) is 8.36. The average molecular weight is 452 g/mol. The van der Waals surface area contributed by atoms with Crippen LogP contribution < -0.4 is 10.6 Å². The van der Waals surface area contributed by atoms with Crippen LogP contribution in [0, 0.1) is 13.8 Å². The van der Waals surface area contributed by atoms with Crippen LogP contribution in [0.25, 0.3) is 33.3 Å². The topological polar surface area (TPSA) is 67.2 Å². The second-order valence-electron chi connectivity index (χ2n) is 7.95. The van der Waals surface area contributed by atoms with E-state index in [0.29, 0.717) is 11.5 Å². The van der Waals surface area contributed by atoms with Gasteiger partial charge in [-0.15, -0.1) is 0 Å². The Morgan fingerprint density at radius 3 is 2.64 bits per heavy atom. The van der Waals surface area contributed by atoms with Crippen LogP contribution in [0.2, 0.25) is 0 Å². The van der Waals surface area contributed by atoms with E-state index in [2.05, 4.69) is 15.6 Å². The van der Waals surface area contributed by atoms with Gasteiger partial charge in [0, 0.05) is 16.8 Å². The van der Waals surface area contributed by atoms with Crippen molar-refractivity contribution in [2.75, 3.05) is 5.32 Å². The lowest BCUT2D eigenvalue weighted by molar-refractivity contribution is 0.0979. The highest BCUT2D eigenvalue weighted by Gasteiger charge is 2.14. The number of hydrogen-bond acceptors (Lipinski definition) is 4. The fourth-order valence-electron chi connectivity index (χ4n) is 3.80. The van der Waals surface area contributed by atoms with Crippen molar-refractivity contribution in [3.63, 3.8) is 0 Å². The highest BCUT2D eigenvalue weighted by molar-refractivity contribution is 7.80. The molecule has 6 heteroatoms. The number of hydrogen-bond donors (Lipinski definition) is 2. The van der Waals surface area contributed by atoms with Gasteiger partial charge in [-0.1, -0.05) is 48.5 Å². The van der Waals surface area contributed by atoms with E-state index in [1.807, 2.05) is 86.6 Å². The number of nitrogens with zero attached hydrogens (tertiary/aromatic N) is 1. The van der Waals surface area contributed by atoms with Crippen LogP contribution in [0.1, 0.15) is 21.5 Å². The number of fused-ring (bicyclic) bond motifs is 2. The van der Waals surface area contributed by atoms with E-state index in [4.69, 9.17) is 16.6 Å².